The van der Waals surface area contributed by atoms with Crippen LogP contribution in [0.3, 0.4) is 0 Å². The number of hydrogen-bond acceptors (Lipinski definition) is 3. The van der Waals surface area contributed by atoms with Gasteiger partial charge in [-0.05, 0) is 18.2 Å². The van der Waals surface area contributed by atoms with Crippen LogP contribution in [0.25, 0.3) is 0 Å². The number of likely N-dealkylation sites (tertiary alicyclic amines) is 1. The third kappa shape index (κ3) is 3.15. The van der Waals surface area contributed by atoms with Gasteiger partial charge in [0.2, 0.25) is 0 Å². The first-order chi connectivity index (χ1) is 9.38. The second-order valence-corrected chi connectivity index (χ2v) is 5.29. The third-order valence-electron chi connectivity index (χ3n) is 3.00. The molecule has 0 bridgehead atoms. The Morgan fingerprint density at radius 1 is 1.35 bits per heavy atom. The van der Waals surface area contributed by atoms with Crippen LogP contribution >= 0.6 is 23.2 Å². The normalized spacial score (nSPS) is 21.9. The van der Waals surface area contributed by atoms with Gasteiger partial charge in [-0.3, -0.25) is 0 Å². The van der Waals surface area contributed by atoms with E-state index >= 15 is 0 Å². The number of amides is 2. The first-order valence-corrected chi connectivity index (χ1v) is 6.57. The monoisotopic (exact) mass is 318 g/mol. The van der Waals surface area contributed by atoms with E-state index in [1.165, 1.54) is 12.1 Å². The number of anilines is 1. The van der Waals surface area contributed by atoms with Crippen LogP contribution in [0.4, 0.5) is 10.5 Å². The van der Waals surface area contributed by atoms with Crippen molar-refractivity contribution < 1.29 is 19.8 Å². The fraction of sp³-hybridized carbons (Fsp3) is 0.333. The van der Waals surface area contributed by atoms with Crippen molar-refractivity contribution >= 4 is 40.9 Å². The molecule has 1 aromatic carbocycles. The second-order valence-electron chi connectivity index (χ2n) is 4.45. The minimum atomic E-state index is -1.15. The number of benzene rings is 1. The topological polar surface area (TPSA) is 89.9 Å². The molecular weight excluding hydrogens is 307 g/mol. The van der Waals surface area contributed by atoms with E-state index in [4.69, 9.17) is 28.3 Å². The largest absolute Gasteiger partial charge is 0.480 e. The molecule has 0 aliphatic carbocycles. The number of aliphatic hydroxyl groups excluding tert-OH is 1. The van der Waals surface area contributed by atoms with Crippen LogP contribution in [-0.4, -0.2) is 45.8 Å². The van der Waals surface area contributed by atoms with E-state index in [1.54, 1.807) is 6.07 Å². The highest BCUT2D eigenvalue weighted by Gasteiger charge is 2.39. The molecule has 108 valence electrons. The van der Waals surface area contributed by atoms with Crippen molar-refractivity contribution in [2.24, 2.45) is 0 Å². The Balaban J connectivity index is 2.13. The summed E-state index contributed by atoms with van der Waals surface area (Å²) in [6, 6.07) is 2.86. The van der Waals surface area contributed by atoms with Crippen LogP contribution in [0.1, 0.15) is 6.42 Å². The quantitative estimate of drug-likeness (QED) is 0.778. The number of aliphatic hydroxyl groups is 1. The molecule has 1 fully saturated rings. The van der Waals surface area contributed by atoms with Gasteiger partial charge in [-0.1, -0.05) is 23.2 Å². The van der Waals surface area contributed by atoms with Gasteiger partial charge < -0.3 is 20.4 Å². The van der Waals surface area contributed by atoms with Gasteiger partial charge in [0.05, 0.1) is 16.8 Å². The number of nitrogens with one attached hydrogen (secondary N) is 1. The van der Waals surface area contributed by atoms with E-state index in [0.29, 0.717) is 10.7 Å². The highest BCUT2D eigenvalue weighted by Crippen LogP contribution is 2.27. The number of nitrogens with zero attached hydrogens (tertiary/aromatic N) is 1. The molecule has 1 aliphatic rings. The summed E-state index contributed by atoms with van der Waals surface area (Å²) in [7, 11) is 0. The Bertz CT molecular complexity index is 552. The molecule has 0 spiro atoms. The van der Waals surface area contributed by atoms with E-state index in [2.05, 4.69) is 5.32 Å². The molecule has 0 saturated carbocycles. The molecular formula is C12H12Cl2N2O4. The lowest BCUT2D eigenvalue weighted by Crippen LogP contribution is -2.43. The van der Waals surface area contributed by atoms with Crippen LogP contribution in [-0.2, 0) is 4.79 Å². The molecule has 1 aromatic rings. The number of carbonyl (C=O) groups excluding carboxylic acids is 1. The molecule has 3 N–H and O–H groups in total. The Hall–Kier alpha value is -1.50. The van der Waals surface area contributed by atoms with Crippen molar-refractivity contribution in [2.75, 3.05) is 11.9 Å². The number of carbonyl (C=O) groups is 2. The maximum atomic E-state index is 12.1. The van der Waals surface area contributed by atoms with Crippen LogP contribution in [0.2, 0.25) is 10.0 Å². The van der Waals surface area contributed by atoms with Crippen LogP contribution < -0.4 is 5.32 Å². The van der Waals surface area contributed by atoms with Crippen LogP contribution in [0.5, 0.6) is 0 Å². The smallest absolute Gasteiger partial charge is 0.326 e. The molecule has 0 radical (unpaired) electrons. The van der Waals surface area contributed by atoms with Crippen LogP contribution in [0.15, 0.2) is 18.2 Å². The molecule has 0 unspecified atom stereocenters. The predicted octanol–water partition coefficient (Wildman–Crippen LogP) is 2.05. The van der Waals surface area contributed by atoms with Gasteiger partial charge in [-0.2, -0.15) is 0 Å². The maximum absolute atomic E-state index is 12.1. The van der Waals surface area contributed by atoms with Gasteiger partial charge in [0.25, 0.3) is 0 Å². The third-order valence-corrected chi connectivity index (χ3v) is 3.55. The molecule has 2 rings (SSSR count). The van der Waals surface area contributed by atoms with Crippen LogP contribution in [0, 0.1) is 0 Å². The first-order valence-electron chi connectivity index (χ1n) is 5.82. The minimum Gasteiger partial charge on any atom is -0.480 e. The minimum absolute atomic E-state index is 0.0110. The molecule has 1 saturated heterocycles. The number of halogens is 2. The Morgan fingerprint density at radius 2 is 2.05 bits per heavy atom. The van der Waals surface area contributed by atoms with Crippen molar-refractivity contribution in [3.8, 4) is 0 Å². The van der Waals surface area contributed by atoms with Crippen molar-refractivity contribution in [1.29, 1.82) is 0 Å². The summed E-state index contributed by atoms with van der Waals surface area (Å²) < 4.78 is 0. The fourth-order valence-electron chi connectivity index (χ4n) is 2.05. The van der Waals surface area contributed by atoms with Gasteiger partial charge in [-0.15, -0.1) is 0 Å². The molecule has 0 aromatic heterocycles. The summed E-state index contributed by atoms with van der Waals surface area (Å²) in [6.07, 6.45) is -0.834. The van der Waals surface area contributed by atoms with E-state index in [-0.39, 0.29) is 18.0 Å². The van der Waals surface area contributed by atoms with E-state index in [1.807, 2.05) is 0 Å². The number of carboxylic acid groups (broad SMARTS) is 1. The average Bonchev–Trinajstić information content (AvgIpc) is 2.75. The molecule has 2 atom stereocenters. The summed E-state index contributed by atoms with van der Waals surface area (Å²) in [5.41, 5.74) is 0.326. The Morgan fingerprint density at radius 3 is 2.65 bits per heavy atom. The molecule has 1 aliphatic heterocycles. The molecule has 1 heterocycles. The first kappa shape index (κ1) is 14.9. The zero-order valence-corrected chi connectivity index (χ0v) is 11.7. The van der Waals surface area contributed by atoms with Gasteiger partial charge in [-0.25, -0.2) is 9.59 Å². The number of aliphatic carboxylic acids is 1. The number of β-amino-alcohol motifs (C(OH)–C–C–N with tert-alkyl or cyclic N) is 1. The van der Waals surface area contributed by atoms with Gasteiger partial charge in [0, 0.05) is 18.0 Å². The Kier molecular flexibility index (Phi) is 4.37. The van der Waals surface area contributed by atoms with Gasteiger partial charge in [0.15, 0.2) is 0 Å². The number of rotatable bonds is 2. The fourth-order valence-corrected chi connectivity index (χ4v) is 2.51. The zero-order valence-electron chi connectivity index (χ0n) is 10.2. The molecule has 2 amide bonds. The standard InChI is InChI=1S/C12H12Cl2N2O4/c13-6-1-2-9(8(14)3-6)15-12(20)16-5-7(17)4-10(16)11(18)19/h1-3,7,10,17H,4-5H2,(H,15,20)(H,18,19)/t7-,10-/m1/s1. The Labute approximate surface area is 124 Å². The van der Waals surface area contributed by atoms with Crippen molar-refractivity contribution in [3.63, 3.8) is 0 Å². The van der Waals surface area contributed by atoms with Crippen molar-refractivity contribution in [3.05, 3.63) is 28.2 Å². The zero-order chi connectivity index (χ0) is 14.9. The van der Waals surface area contributed by atoms with Crippen molar-refractivity contribution in [1.82, 2.24) is 4.90 Å². The summed E-state index contributed by atoms with van der Waals surface area (Å²) in [5, 5.41) is 21.7. The second kappa shape index (κ2) is 5.87. The number of urea groups is 1. The van der Waals surface area contributed by atoms with E-state index in [9.17, 15) is 14.7 Å². The van der Waals surface area contributed by atoms with Gasteiger partial charge in [0.1, 0.15) is 6.04 Å². The maximum Gasteiger partial charge on any atom is 0.326 e. The van der Waals surface area contributed by atoms with E-state index < -0.39 is 24.1 Å². The molecule has 8 heteroatoms. The van der Waals surface area contributed by atoms with E-state index in [0.717, 1.165) is 4.90 Å². The average molecular weight is 319 g/mol. The number of carboxylic acids is 1. The highest BCUT2D eigenvalue weighted by atomic mass is 35.5. The summed E-state index contributed by atoms with van der Waals surface area (Å²) >= 11 is 11.7. The van der Waals surface area contributed by atoms with Crippen molar-refractivity contribution in [2.45, 2.75) is 18.6 Å². The summed E-state index contributed by atoms with van der Waals surface area (Å²) in [4.78, 5) is 24.2. The molecule has 6 nitrogen and oxygen atoms in total. The molecule has 20 heavy (non-hydrogen) atoms. The lowest BCUT2D eigenvalue weighted by atomic mass is 10.2. The number of hydrogen-bond donors (Lipinski definition) is 3. The summed E-state index contributed by atoms with van der Waals surface area (Å²) in [5.74, 6) is -1.15. The SMILES string of the molecule is O=C(O)[C@H]1C[C@@H](O)CN1C(=O)Nc1ccc(Cl)cc1Cl. The highest BCUT2D eigenvalue weighted by molar-refractivity contribution is 6.36. The summed E-state index contributed by atoms with van der Waals surface area (Å²) in [6.45, 7) is -0.0337. The predicted molar refractivity (Wildman–Crippen MR) is 74.2 cm³/mol. The lowest BCUT2D eigenvalue weighted by molar-refractivity contribution is -0.141. The lowest BCUT2D eigenvalue weighted by Gasteiger charge is -2.21. The van der Waals surface area contributed by atoms with Gasteiger partial charge >= 0.3 is 12.0 Å².